The van der Waals surface area contributed by atoms with Crippen molar-refractivity contribution in [2.24, 2.45) is 0 Å². The van der Waals surface area contributed by atoms with E-state index in [1.807, 2.05) is 14.1 Å². The van der Waals surface area contributed by atoms with Crippen molar-refractivity contribution in [1.29, 1.82) is 0 Å². The number of nitrogens with one attached hydrogen (secondary N) is 1. The standard InChI is InChI=1S/C16H27N3O2/c1-16(2,21)12-19(5)15(20)17-11-10-13-6-8-14(9-7-13)18(3)4/h6-9,21H,10-12H2,1-5H3,(H,17,20). The molecule has 0 saturated carbocycles. The molecule has 5 heteroatoms. The van der Waals surface area contributed by atoms with Gasteiger partial charge < -0.3 is 20.2 Å². The molecule has 0 spiro atoms. The molecule has 2 N–H and O–H groups in total. The number of carbonyl (C=O) groups is 1. The van der Waals surface area contributed by atoms with Gasteiger partial charge in [0.25, 0.3) is 0 Å². The largest absolute Gasteiger partial charge is 0.389 e. The molecular weight excluding hydrogens is 266 g/mol. The van der Waals surface area contributed by atoms with Gasteiger partial charge in [0.05, 0.1) is 12.1 Å². The fourth-order valence-corrected chi connectivity index (χ4v) is 2.06. The van der Waals surface area contributed by atoms with E-state index in [4.69, 9.17) is 0 Å². The van der Waals surface area contributed by atoms with Gasteiger partial charge in [-0.25, -0.2) is 4.79 Å². The van der Waals surface area contributed by atoms with E-state index >= 15 is 0 Å². The van der Waals surface area contributed by atoms with E-state index in [0.29, 0.717) is 13.1 Å². The predicted molar refractivity (Wildman–Crippen MR) is 86.8 cm³/mol. The maximum atomic E-state index is 11.9. The maximum Gasteiger partial charge on any atom is 0.317 e. The molecule has 0 radical (unpaired) electrons. The first kappa shape index (κ1) is 17.3. The first-order valence-corrected chi connectivity index (χ1v) is 7.16. The van der Waals surface area contributed by atoms with E-state index in [1.54, 1.807) is 20.9 Å². The Bertz CT molecular complexity index is 450. The molecule has 0 atom stereocenters. The Hall–Kier alpha value is -1.75. The van der Waals surface area contributed by atoms with E-state index in [1.165, 1.54) is 10.5 Å². The normalized spacial score (nSPS) is 11.1. The molecule has 0 aliphatic carbocycles. The lowest BCUT2D eigenvalue weighted by Crippen LogP contribution is -2.45. The number of amides is 2. The van der Waals surface area contributed by atoms with Gasteiger partial charge in [-0.1, -0.05) is 12.1 Å². The van der Waals surface area contributed by atoms with Gasteiger partial charge in [0, 0.05) is 33.4 Å². The highest BCUT2D eigenvalue weighted by Crippen LogP contribution is 2.12. The molecule has 21 heavy (non-hydrogen) atoms. The van der Waals surface area contributed by atoms with Crippen LogP contribution < -0.4 is 10.2 Å². The van der Waals surface area contributed by atoms with Crippen LogP contribution in [0.5, 0.6) is 0 Å². The molecule has 1 aromatic rings. The average Bonchev–Trinajstić information content (AvgIpc) is 2.37. The van der Waals surface area contributed by atoms with Gasteiger partial charge in [-0.15, -0.1) is 0 Å². The number of anilines is 1. The molecule has 0 fully saturated rings. The number of carbonyl (C=O) groups excluding carboxylic acids is 1. The van der Waals surface area contributed by atoms with E-state index in [0.717, 1.165) is 12.1 Å². The van der Waals surface area contributed by atoms with Crippen LogP contribution in [0.25, 0.3) is 0 Å². The second-order valence-corrected chi connectivity index (χ2v) is 6.21. The Morgan fingerprint density at radius 2 is 1.76 bits per heavy atom. The third-order valence-electron chi connectivity index (χ3n) is 3.11. The van der Waals surface area contributed by atoms with Gasteiger partial charge in [0.2, 0.25) is 0 Å². The first-order chi connectivity index (χ1) is 9.69. The number of hydrogen-bond acceptors (Lipinski definition) is 3. The third kappa shape index (κ3) is 6.49. The zero-order chi connectivity index (χ0) is 16.0. The van der Waals surface area contributed by atoms with Crippen LogP contribution in [0.4, 0.5) is 10.5 Å². The fourth-order valence-electron chi connectivity index (χ4n) is 2.06. The molecule has 0 aromatic heterocycles. The molecule has 2 amide bonds. The number of aliphatic hydroxyl groups is 1. The molecule has 0 unspecified atom stereocenters. The molecule has 118 valence electrons. The maximum absolute atomic E-state index is 11.9. The number of benzene rings is 1. The highest BCUT2D eigenvalue weighted by molar-refractivity contribution is 5.73. The topological polar surface area (TPSA) is 55.8 Å². The van der Waals surface area contributed by atoms with Crippen LogP contribution in [-0.4, -0.2) is 55.9 Å². The zero-order valence-corrected chi connectivity index (χ0v) is 13.7. The van der Waals surface area contributed by atoms with E-state index in [-0.39, 0.29) is 6.03 Å². The van der Waals surface area contributed by atoms with Crippen molar-refractivity contribution >= 4 is 11.7 Å². The monoisotopic (exact) mass is 293 g/mol. The van der Waals surface area contributed by atoms with Crippen LogP contribution in [0.3, 0.4) is 0 Å². The van der Waals surface area contributed by atoms with Crippen LogP contribution >= 0.6 is 0 Å². The van der Waals surface area contributed by atoms with Crippen LogP contribution in [-0.2, 0) is 6.42 Å². The number of urea groups is 1. The lowest BCUT2D eigenvalue weighted by Gasteiger charge is -2.25. The van der Waals surface area contributed by atoms with Gasteiger partial charge in [0.15, 0.2) is 0 Å². The van der Waals surface area contributed by atoms with Gasteiger partial charge in [0.1, 0.15) is 0 Å². The van der Waals surface area contributed by atoms with Crippen LogP contribution in [0.1, 0.15) is 19.4 Å². The summed E-state index contributed by atoms with van der Waals surface area (Å²) in [5.74, 6) is 0. The molecular formula is C16H27N3O2. The lowest BCUT2D eigenvalue weighted by molar-refractivity contribution is 0.0532. The smallest absolute Gasteiger partial charge is 0.317 e. The van der Waals surface area contributed by atoms with Crippen molar-refractivity contribution in [3.05, 3.63) is 29.8 Å². The number of rotatable bonds is 6. The Morgan fingerprint density at radius 3 is 2.24 bits per heavy atom. The van der Waals surface area contributed by atoms with Crippen molar-refractivity contribution in [1.82, 2.24) is 10.2 Å². The van der Waals surface area contributed by atoms with E-state index < -0.39 is 5.60 Å². The van der Waals surface area contributed by atoms with Gasteiger partial charge >= 0.3 is 6.03 Å². The highest BCUT2D eigenvalue weighted by atomic mass is 16.3. The predicted octanol–water partition coefficient (Wildman–Crippen LogP) is 1.71. The molecule has 1 aromatic carbocycles. The van der Waals surface area contributed by atoms with E-state index in [2.05, 4.69) is 34.5 Å². The summed E-state index contributed by atoms with van der Waals surface area (Å²) in [6.45, 7) is 4.25. The summed E-state index contributed by atoms with van der Waals surface area (Å²) in [6, 6.07) is 8.11. The molecule has 0 aliphatic rings. The molecule has 0 aliphatic heterocycles. The van der Waals surface area contributed by atoms with Gasteiger partial charge in [-0.2, -0.15) is 0 Å². The summed E-state index contributed by atoms with van der Waals surface area (Å²) in [7, 11) is 5.70. The summed E-state index contributed by atoms with van der Waals surface area (Å²) in [4.78, 5) is 15.4. The van der Waals surface area contributed by atoms with Crippen molar-refractivity contribution in [2.75, 3.05) is 39.1 Å². The third-order valence-corrected chi connectivity index (χ3v) is 3.11. The second kappa shape index (κ2) is 7.31. The van der Waals surface area contributed by atoms with Crippen LogP contribution in [0.2, 0.25) is 0 Å². The Balaban J connectivity index is 2.37. The minimum atomic E-state index is -0.881. The van der Waals surface area contributed by atoms with Crippen molar-refractivity contribution in [3.63, 3.8) is 0 Å². The van der Waals surface area contributed by atoms with Crippen LogP contribution in [0, 0.1) is 0 Å². The summed E-state index contributed by atoms with van der Waals surface area (Å²) >= 11 is 0. The zero-order valence-electron chi connectivity index (χ0n) is 13.7. The molecule has 0 bridgehead atoms. The SMILES string of the molecule is CN(CC(C)(C)O)C(=O)NCCc1ccc(N(C)C)cc1. The Labute approximate surface area is 127 Å². The number of nitrogens with zero attached hydrogens (tertiary/aromatic N) is 2. The van der Waals surface area contributed by atoms with Gasteiger partial charge in [-0.3, -0.25) is 0 Å². The summed E-state index contributed by atoms with van der Waals surface area (Å²) in [5, 5.41) is 12.5. The number of likely N-dealkylation sites (N-methyl/N-ethyl adjacent to an activating group) is 1. The van der Waals surface area contributed by atoms with Crippen molar-refractivity contribution in [3.8, 4) is 0 Å². The molecule has 0 saturated heterocycles. The quantitative estimate of drug-likeness (QED) is 0.839. The van der Waals surface area contributed by atoms with E-state index in [9.17, 15) is 9.90 Å². The fraction of sp³-hybridized carbons (Fsp3) is 0.562. The second-order valence-electron chi connectivity index (χ2n) is 6.21. The number of hydrogen-bond donors (Lipinski definition) is 2. The minimum Gasteiger partial charge on any atom is -0.389 e. The lowest BCUT2D eigenvalue weighted by atomic mass is 10.1. The molecule has 0 heterocycles. The summed E-state index contributed by atoms with van der Waals surface area (Å²) in [6.07, 6.45) is 0.788. The summed E-state index contributed by atoms with van der Waals surface area (Å²) < 4.78 is 0. The molecule has 1 rings (SSSR count). The Kier molecular flexibility index (Phi) is 6.03. The first-order valence-electron chi connectivity index (χ1n) is 7.16. The minimum absolute atomic E-state index is 0.165. The average molecular weight is 293 g/mol. The van der Waals surface area contributed by atoms with Crippen LogP contribution in [0.15, 0.2) is 24.3 Å². The molecule has 5 nitrogen and oxygen atoms in total. The van der Waals surface area contributed by atoms with Gasteiger partial charge in [-0.05, 0) is 38.0 Å². The highest BCUT2D eigenvalue weighted by Gasteiger charge is 2.18. The van der Waals surface area contributed by atoms with Crippen molar-refractivity contribution in [2.45, 2.75) is 25.9 Å². The summed E-state index contributed by atoms with van der Waals surface area (Å²) in [5.41, 5.74) is 1.47. The van der Waals surface area contributed by atoms with Crippen molar-refractivity contribution < 1.29 is 9.90 Å². The Morgan fingerprint density at radius 1 is 1.19 bits per heavy atom.